The summed E-state index contributed by atoms with van der Waals surface area (Å²) in [6, 6.07) is 3.45. The number of aromatic amines is 1. The summed E-state index contributed by atoms with van der Waals surface area (Å²) >= 11 is 3.46. The van der Waals surface area contributed by atoms with Gasteiger partial charge in [0.15, 0.2) is 0 Å². The van der Waals surface area contributed by atoms with E-state index in [-0.39, 0.29) is 54.0 Å². The fourth-order valence-corrected chi connectivity index (χ4v) is 10.7. The maximum atomic E-state index is 13.9. The maximum absolute atomic E-state index is 13.9. The number of amides is 3. The van der Waals surface area contributed by atoms with Gasteiger partial charge in [0.05, 0.1) is 43.5 Å². The van der Waals surface area contributed by atoms with E-state index in [1.807, 2.05) is 44.4 Å². The SMILES string of the molecule is COC(=O)C[C@H](C(=O)N1C[C@@H](C)C[C@H]1C1=NC(C)=C(c2cc3sc(-c4nc([C@@H]5C[C@H](C)CN5C(=O)[C@@H](NC(=O)OC)C(C)C)[nH]c4C)cc3s2)C1)C(C)C. The molecule has 3 aromatic heterocycles. The lowest BCUT2D eigenvalue weighted by atomic mass is 9.90. The first-order valence-corrected chi connectivity index (χ1v) is 20.6. The standard InChI is InChI=1S/C40H54N6O6S2/c1-19(2)25(14-34(47)51-9)38(48)45-17-21(5)11-28(45)27-13-26(23(7)41-27)30-15-31-32(53-30)16-33(54-31)36-24(8)42-37(43-36)29-12-22(6)18-46(29)39(49)35(20(3)4)44-40(50)52-10/h15-16,19-22,25,28-29,35H,11-14,17-18H2,1-10H3,(H,42,43)(H,44,50)/t21-,22-,25-,28-,29-,35-/m0/s1. The summed E-state index contributed by atoms with van der Waals surface area (Å²) in [5.41, 5.74) is 5.03. The van der Waals surface area contributed by atoms with Gasteiger partial charge >= 0.3 is 12.1 Å². The molecule has 0 unspecified atom stereocenters. The minimum Gasteiger partial charge on any atom is -0.469 e. The number of alkyl carbamates (subject to hydrolysis) is 1. The number of imidazole rings is 1. The first-order valence-electron chi connectivity index (χ1n) is 19.0. The molecule has 0 aromatic carbocycles. The highest BCUT2D eigenvalue weighted by Gasteiger charge is 2.42. The van der Waals surface area contributed by atoms with Gasteiger partial charge < -0.3 is 29.6 Å². The smallest absolute Gasteiger partial charge is 0.407 e. The van der Waals surface area contributed by atoms with Gasteiger partial charge in [-0.3, -0.25) is 19.4 Å². The van der Waals surface area contributed by atoms with Crippen LogP contribution in [-0.2, 0) is 23.9 Å². The summed E-state index contributed by atoms with van der Waals surface area (Å²) in [6.07, 6.45) is 1.79. The molecule has 54 heavy (non-hydrogen) atoms. The third-order valence-corrected chi connectivity index (χ3v) is 13.5. The first-order chi connectivity index (χ1) is 25.6. The predicted molar refractivity (Wildman–Crippen MR) is 213 cm³/mol. The number of nitrogens with zero attached hydrogens (tertiary/aromatic N) is 4. The third-order valence-electron chi connectivity index (χ3n) is 11.2. The van der Waals surface area contributed by atoms with Crippen molar-refractivity contribution in [3.63, 3.8) is 0 Å². The molecule has 0 saturated carbocycles. The quantitative estimate of drug-likeness (QED) is 0.191. The number of likely N-dealkylation sites (tertiary alicyclic amines) is 2. The molecule has 6 atom stereocenters. The molecule has 3 amide bonds. The molecule has 6 heterocycles. The van der Waals surface area contributed by atoms with Crippen molar-refractivity contribution in [2.75, 3.05) is 27.3 Å². The Labute approximate surface area is 325 Å². The van der Waals surface area contributed by atoms with E-state index < -0.39 is 18.1 Å². The summed E-state index contributed by atoms with van der Waals surface area (Å²) in [7, 11) is 2.67. The number of aryl methyl sites for hydroxylation is 1. The van der Waals surface area contributed by atoms with E-state index in [2.05, 4.69) is 43.2 Å². The summed E-state index contributed by atoms with van der Waals surface area (Å²) < 4.78 is 12.1. The number of H-pyrrole nitrogens is 1. The van der Waals surface area contributed by atoms with Crippen molar-refractivity contribution in [3.05, 3.63) is 34.2 Å². The average Bonchev–Trinajstić information content (AvgIpc) is 3.97. The Kier molecular flexibility index (Phi) is 11.7. The molecule has 0 bridgehead atoms. The number of hydrogen-bond acceptors (Lipinski definition) is 10. The van der Waals surface area contributed by atoms with E-state index in [0.29, 0.717) is 25.4 Å². The fraction of sp³-hybridized carbons (Fsp3) is 0.600. The molecule has 12 nitrogen and oxygen atoms in total. The van der Waals surface area contributed by atoms with Gasteiger partial charge in [0, 0.05) is 50.9 Å². The Balaban J connectivity index is 1.18. The van der Waals surface area contributed by atoms with Crippen LogP contribution in [0, 0.1) is 36.5 Å². The van der Waals surface area contributed by atoms with Crippen molar-refractivity contribution < 1.29 is 28.7 Å². The molecule has 3 aliphatic heterocycles. The van der Waals surface area contributed by atoms with Crippen molar-refractivity contribution in [2.45, 2.75) is 99.2 Å². The molecule has 2 saturated heterocycles. The fourth-order valence-electron chi connectivity index (χ4n) is 8.19. The second kappa shape index (κ2) is 16.0. The highest BCUT2D eigenvalue weighted by Crippen LogP contribution is 2.45. The molecule has 0 spiro atoms. The third kappa shape index (κ3) is 7.87. The minimum atomic E-state index is -0.697. The zero-order valence-corrected chi connectivity index (χ0v) is 34.7. The highest BCUT2D eigenvalue weighted by molar-refractivity contribution is 7.30. The summed E-state index contributed by atoms with van der Waals surface area (Å²) in [6.45, 7) is 17.4. The molecule has 14 heteroatoms. The minimum absolute atomic E-state index is 0.0108. The number of fused-ring (bicyclic) bond motifs is 1. The molecule has 0 aliphatic carbocycles. The molecule has 2 fully saturated rings. The van der Waals surface area contributed by atoms with E-state index >= 15 is 0 Å². The largest absolute Gasteiger partial charge is 0.469 e. The monoisotopic (exact) mass is 778 g/mol. The number of esters is 1. The Bertz CT molecular complexity index is 1960. The average molecular weight is 779 g/mol. The molecular formula is C40H54N6O6S2. The van der Waals surface area contributed by atoms with E-state index in [1.54, 1.807) is 22.7 Å². The number of allylic oxidation sites excluding steroid dienone is 2. The Morgan fingerprint density at radius 3 is 2.11 bits per heavy atom. The first kappa shape index (κ1) is 39.6. The second-order valence-corrected chi connectivity index (χ2v) is 18.2. The van der Waals surface area contributed by atoms with E-state index in [1.165, 1.54) is 34.1 Å². The van der Waals surface area contributed by atoms with Gasteiger partial charge in [0.25, 0.3) is 0 Å². The van der Waals surface area contributed by atoms with Crippen LogP contribution in [0.5, 0.6) is 0 Å². The Morgan fingerprint density at radius 1 is 0.889 bits per heavy atom. The number of thiophene rings is 2. The van der Waals surface area contributed by atoms with Crippen LogP contribution in [0.1, 0.15) is 96.6 Å². The number of carbonyl (C=O) groups is 4. The lowest BCUT2D eigenvalue weighted by Gasteiger charge is -2.30. The molecule has 292 valence electrons. The van der Waals surface area contributed by atoms with Gasteiger partial charge in [-0.25, -0.2) is 9.78 Å². The summed E-state index contributed by atoms with van der Waals surface area (Å²) in [4.78, 5) is 71.7. The van der Waals surface area contributed by atoms with Crippen molar-refractivity contribution in [2.24, 2.45) is 34.6 Å². The predicted octanol–water partition coefficient (Wildman–Crippen LogP) is 7.60. The van der Waals surface area contributed by atoms with Crippen LogP contribution in [0.4, 0.5) is 4.79 Å². The molecule has 0 radical (unpaired) electrons. The molecule has 3 aliphatic rings. The number of rotatable bonds is 11. The number of methoxy groups -OCH3 is 2. The zero-order valence-electron chi connectivity index (χ0n) is 33.1. The number of nitrogens with one attached hydrogen (secondary N) is 2. The highest BCUT2D eigenvalue weighted by atomic mass is 32.1. The van der Waals surface area contributed by atoms with Crippen molar-refractivity contribution in [1.82, 2.24) is 25.1 Å². The van der Waals surface area contributed by atoms with Crippen LogP contribution in [0.3, 0.4) is 0 Å². The van der Waals surface area contributed by atoms with Gasteiger partial charge in [-0.1, -0.05) is 41.5 Å². The van der Waals surface area contributed by atoms with Gasteiger partial charge in [-0.05, 0) is 68.1 Å². The van der Waals surface area contributed by atoms with Crippen molar-refractivity contribution >= 4 is 67.2 Å². The number of ether oxygens (including phenoxy) is 2. The number of aromatic nitrogens is 2. The maximum Gasteiger partial charge on any atom is 0.407 e. The molecular weight excluding hydrogens is 725 g/mol. The Morgan fingerprint density at radius 2 is 1.50 bits per heavy atom. The number of aliphatic imine (C=N–C) groups is 1. The lowest BCUT2D eigenvalue weighted by Crippen LogP contribution is -2.51. The van der Waals surface area contributed by atoms with Crippen molar-refractivity contribution in [1.29, 1.82) is 0 Å². The van der Waals surface area contributed by atoms with Crippen LogP contribution in [0.2, 0.25) is 0 Å². The summed E-state index contributed by atoms with van der Waals surface area (Å²) in [5, 5.41) is 2.73. The Hall–Kier alpha value is -4.04. The number of hydrogen-bond donors (Lipinski definition) is 2. The summed E-state index contributed by atoms with van der Waals surface area (Å²) in [5.74, 6) is 0.378. The van der Waals surface area contributed by atoms with E-state index in [4.69, 9.17) is 19.5 Å². The van der Waals surface area contributed by atoms with E-state index in [9.17, 15) is 19.2 Å². The van der Waals surface area contributed by atoms with Gasteiger partial charge in [-0.15, -0.1) is 22.7 Å². The van der Waals surface area contributed by atoms with Crippen LogP contribution >= 0.6 is 22.7 Å². The van der Waals surface area contributed by atoms with Crippen LogP contribution in [0.15, 0.2) is 22.8 Å². The van der Waals surface area contributed by atoms with Crippen LogP contribution in [0.25, 0.3) is 25.5 Å². The van der Waals surface area contributed by atoms with Gasteiger partial charge in [0.2, 0.25) is 11.8 Å². The number of carbonyl (C=O) groups excluding carboxylic acids is 4. The topological polar surface area (TPSA) is 146 Å². The molecule has 3 aromatic rings. The molecule has 2 N–H and O–H groups in total. The van der Waals surface area contributed by atoms with Gasteiger partial charge in [-0.2, -0.15) is 0 Å². The second-order valence-electron chi connectivity index (χ2n) is 16.1. The van der Waals surface area contributed by atoms with Crippen LogP contribution < -0.4 is 5.32 Å². The molecule has 6 rings (SSSR count). The van der Waals surface area contributed by atoms with E-state index in [0.717, 1.165) is 46.3 Å². The van der Waals surface area contributed by atoms with Crippen molar-refractivity contribution in [3.8, 4) is 10.6 Å². The van der Waals surface area contributed by atoms with Crippen LogP contribution in [-0.4, -0.2) is 88.7 Å². The zero-order chi connectivity index (χ0) is 39.2. The normalized spacial score (nSPS) is 22.8. The van der Waals surface area contributed by atoms with Gasteiger partial charge in [0.1, 0.15) is 17.6 Å². The lowest BCUT2D eigenvalue weighted by molar-refractivity contribution is -0.148.